The maximum Gasteiger partial charge on any atom is 0.0273 e. The van der Waals surface area contributed by atoms with Gasteiger partial charge in [-0.05, 0) is 136 Å². The zero-order valence-electron chi connectivity index (χ0n) is 26.5. The van der Waals surface area contributed by atoms with Crippen molar-refractivity contribution >= 4 is 11.1 Å². The standard InChI is InChI=1S/C44H38N2/c1-5-10-34(23-32(4)24-39-11-6-7-16-44(39)31(2)3)35-12-8-13-36(25-35)37-14-9-15-38(26-37)42-27-41(33-17-20-45-21-18-33)28-43(29-42)40-19-22-46-30-40/h5-23,25-30,46H,1-2,24H2,3-4H3/b32-23-,34-10+. The van der Waals surface area contributed by atoms with Crippen LogP contribution in [0.5, 0.6) is 0 Å². The minimum absolute atomic E-state index is 0.864. The van der Waals surface area contributed by atoms with Crippen LogP contribution in [0.2, 0.25) is 0 Å². The Morgan fingerprint density at radius 2 is 1.30 bits per heavy atom. The first-order valence-electron chi connectivity index (χ1n) is 15.6. The van der Waals surface area contributed by atoms with Gasteiger partial charge in [-0.25, -0.2) is 0 Å². The van der Waals surface area contributed by atoms with Gasteiger partial charge in [0.15, 0.2) is 0 Å². The van der Waals surface area contributed by atoms with Crippen molar-refractivity contribution in [2.75, 3.05) is 0 Å². The van der Waals surface area contributed by atoms with E-state index in [-0.39, 0.29) is 0 Å². The van der Waals surface area contributed by atoms with E-state index in [1.54, 1.807) is 0 Å². The lowest BCUT2D eigenvalue weighted by molar-refractivity contribution is 1.13. The molecule has 2 heterocycles. The van der Waals surface area contributed by atoms with E-state index >= 15 is 0 Å². The second-order valence-corrected chi connectivity index (χ2v) is 11.8. The first-order valence-corrected chi connectivity index (χ1v) is 15.6. The minimum atomic E-state index is 0.864. The molecule has 0 aliphatic heterocycles. The number of H-pyrrole nitrogens is 1. The number of nitrogens with zero attached hydrogens (tertiary/aromatic N) is 1. The van der Waals surface area contributed by atoms with Crippen molar-refractivity contribution in [3.63, 3.8) is 0 Å². The number of hydrogen-bond acceptors (Lipinski definition) is 1. The molecule has 0 atom stereocenters. The van der Waals surface area contributed by atoms with Crippen LogP contribution in [0.1, 0.15) is 30.5 Å². The number of rotatable bonds is 10. The fourth-order valence-corrected chi connectivity index (χ4v) is 5.99. The summed E-state index contributed by atoms with van der Waals surface area (Å²) >= 11 is 0. The van der Waals surface area contributed by atoms with Gasteiger partial charge in [-0.2, -0.15) is 0 Å². The van der Waals surface area contributed by atoms with Crippen LogP contribution in [-0.4, -0.2) is 9.97 Å². The first-order chi connectivity index (χ1) is 22.5. The van der Waals surface area contributed by atoms with Crippen molar-refractivity contribution in [1.82, 2.24) is 9.97 Å². The molecule has 224 valence electrons. The summed E-state index contributed by atoms with van der Waals surface area (Å²) in [6, 6.07) is 39.1. The molecule has 2 aromatic heterocycles. The van der Waals surface area contributed by atoms with E-state index in [2.05, 4.69) is 158 Å². The molecule has 0 aliphatic rings. The maximum atomic E-state index is 4.22. The predicted molar refractivity (Wildman–Crippen MR) is 197 cm³/mol. The maximum absolute atomic E-state index is 4.22. The van der Waals surface area contributed by atoms with Crippen LogP contribution in [-0.2, 0) is 6.42 Å². The lowest BCUT2D eigenvalue weighted by Gasteiger charge is -2.13. The summed E-state index contributed by atoms with van der Waals surface area (Å²) in [4.78, 5) is 7.43. The molecule has 2 nitrogen and oxygen atoms in total. The molecule has 0 unspecified atom stereocenters. The monoisotopic (exact) mass is 594 g/mol. The van der Waals surface area contributed by atoms with Gasteiger partial charge in [0.25, 0.3) is 0 Å². The topological polar surface area (TPSA) is 28.7 Å². The molecular weight excluding hydrogens is 556 g/mol. The van der Waals surface area contributed by atoms with E-state index < -0.39 is 0 Å². The number of benzene rings is 4. The number of nitrogens with one attached hydrogen (secondary N) is 1. The molecule has 6 rings (SSSR count). The average Bonchev–Trinajstić information content (AvgIpc) is 3.64. The Labute approximate surface area is 272 Å². The van der Waals surface area contributed by atoms with Gasteiger partial charge in [-0.1, -0.05) is 103 Å². The van der Waals surface area contributed by atoms with Gasteiger partial charge < -0.3 is 4.98 Å². The Bertz CT molecular complexity index is 2060. The summed E-state index contributed by atoms with van der Waals surface area (Å²) < 4.78 is 0. The van der Waals surface area contributed by atoms with Crippen molar-refractivity contribution in [3.05, 3.63) is 188 Å². The summed E-state index contributed by atoms with van der Waals surface area (Å²) in [5, 5.41) is 0. The Hall–Kier alpha value is -5.73. The van der Waals surface area contributed by atoms with Gasteiger partial charge in [0.2, 0.25) is 0 Å². The van der Waals surface area contributed by atoms with Gasteiger partial charge >= 0.3 is 0 Å². The molecular formula is C44H38N2. The molecule has 0 fully saturated rings. The molecule has 0 aliphatic carbocycles. The number of hydrogen-bond donors (Lipinski definition) is 1. The van der Waals surface area contributed by atoms with Crippen LogP contribution in [0.4, 0.5) is 0 Å². The number of aromatic nitrogens is 2. The third kappa shape index (κ3) is 6.98. The zero-order chi connectivity index (χ0) is 31.9. The molecule has 0 saturated carbocycles. The molecule has 1 N–H and O–H groups in total. The molecule has 4 aromatic carbocycles. The highest BCUT2D eigenvalue weighted by molar-refractivity contribution is 5.84. The molecule has 2 heteroatoms. The highest BCUT2D eigenvalue weighted by Gasteiger charge is 2.10. The molecule has 0 radical (unpaired) electrons. The van der Waals surface area contributed by atoms with Gasteiger partial charge in [0, 0.05) is 24.8 Å². The van der Waals surface area contributed by atoms with Crippen molar-refractivity contribution in [1.29, 1.82) is 0 Å². The van der Waals surface area contributed by atoms with Gasteiger partial charge in [0.1, 0.15) is 0 Å². The minimum Gasteiger partial charge on any atom is -0.367 e. The largest absolute Gasteiger partial charge is 0.367 e. The molecule has 0 amide bonds. The Morgan fingerprint density at radius 3 is 2.00 bits per heavy atom. The molecule has 6 aromatic rings. The molecule has 0 spiro atoms. The van der Waals surface area contributed by atoms with Crippen molar-refractivity contribution < 1.29 is 0 Å². The quantitative estimate of drug-likeness (QED) is 0.157. The van der Waals surface area contributed by atoms with E-state index in [0.29, 0.717) is 0 Å². The Balaban J connectivity index is 1.34. The second-order valence-electron chi connectivity index (χ2n) is 11.8. The lowest BCUT2D eigenvalue weighted by atomic mass is 9.92. The van der Waals surface area contributed by atoms with Crippen molar-refractivity contribution in [2.45, 2.75) is 20.3 Å². The molecule has 0 saturated heterocycles. The van der Waals surface area contributed by atoms with Gasteiger partial charge in [0.05, 0.1) is 0 Å². The number of aromatic amines is 1. The normalized spacial score (nSPS) is 11.8. The first kappa shape index (κ1) is 30.3. The number of pyridine rings is 1. The second kappa shape index (κ2) is 13.9. The third-order valence-corrected chi connectivity index (χ3v) is 8.25. The van der Waals surface area contributed by atoms with Gasteiger partial charge in [-0.15, -0.1) is 0 Å². The van der Waals surface area contributed by atoms with Crippen LogP contribution < -0.4 is 0 Å². The zero-order valence-corrected chi connectivity index (χ0v) is 26.5. The highest BCUT2D eigenvalue weighted by atomic mass is 14.6. The highest BCUT2D eigenvalue weighted by Crippen LogP contribution is 2.35. The van der Waals surface area contributed by atoms with E-state index in [4.69, 9.17) is 0 Å². The van der Waals surface area contributed by atoms with E-state index in [1.165, 1.54) is 44.5 Å². The van der Waals surface area contributed by atoms with E-state index in [1.807, 2.05) is 30.9 Å². The Morgan fingerprint density at radius 1 is 0.674 bits per heavy atom. The summed E-state index contributed by atoms with van der Waals surface area (Å²) in [7, 11) is 0. The van der Waals surface area contributed by atoms with Crippen LogP contribution in [0.25, 0.3) is 55.7 Å². The van der Waals surface area contributed by atoms with Crippen LogP contribution in [0.3, 0.4) is 0 Å². The SMILES string of the molecule is C=C/C=C(\C=C(\C)Cc1ccccc1C(=C)C)c1cccc(-c2cccc(-c3cc(-c4ccncc4)cc(-c4cc[nH]c4)c3)c2)c1. The predicted octanol–water partition coefficient (Wildman–Crippen LogP) is 11.9. The van der Waals surface area contributed by atoms with Gasteiger partial charge in [-0.3, -0.25) is 4.98 Å². The summed E-state index contributed by atoms with van der Waals surface area (Å²) in [6.07, 6.45) is 14.8. The Kier molecular flexibility index (Phi) is 9.17. The smallest absolute Gasteiger partial charge is 0.0273 e. The van der Waals surface area contributed by atoms with Crippen LogP contribution >= 0.6 is 0 Å². The molecule has 0 bridgehead atoms. The van der Waals surface area contributed by atoms with Crippen molar-refractivity contribution in [2.24, 2.45) is 0 Å². The third-order valence-electron chi connectivity index (χ3n) is 8.25. The fraction of sp³-hybridized carbons (Fsp3) is 0.0682. The summed E-state index contributed by atoms with van der Waals surface area (Å²) in [6.45, 7) is 12.5. The van der Waals surface area contributed by atoms with E-state index in [9.17, 15) is 0 Å². The molecule has 46 heavy (non-hydrogen) atoms. The fourth-order valence-electron chi connectivity index (χ4n) is 5.99. The van der Waals surface area contributed by atoms with E-state index in [0.717, 1.165) is 39.8 Å². The van der Waals surface area contributed by atoms with Crippen molar-refractivity contribution in [3.8, 4) is 44.5 Å². The lowest BCUT2D eigenvalue weighted by Crippen LogP contribution is -1.94. The number of allylic oxidation sites excluding steroid dienone is 6. The van der Waals surface area contributed by atoms with Crippen LogP contribution in [0, 0.1) is 0 Å². The average molecular weight is 595 g/mol. The van der Waals surface area contributed by atoms with Crippen LogP contribution in [0.15, 0.2) is 171 Å². The summed E-state index contributed by atoms with van der Waals surface area (Å²) in [5.74, 6) is 0. The summed E-state index contributed by atoms with van der Waals surface area (Å²) in [5.41, 5.74) is 16.5.